The average Bonchev–Trinajstić information content (AvgIpc) is 2.68. The minimum atomic E-state index is -0.880. The quantitative estimate of drug-likeness (QED) is 0.887. The van der Waals surface area contributed by atoms with Crippen LogP contribution in [0.15, 0.2) is 11.1 Å². The number of thioether (sulfide) groups is 1. The van der Waals surface area contributed by atoms with E-state index in [9.17, 15) is 9.90 Å². The van der Waals surface area contributed by atoms with Gasteiger partial charge in [-0.15, -0.1) is 0 Å². The Balaban J connectivity index is 1.95. The van der Waals surface area contributed by atoms with Gasteiger partial charge in [0.2, 0.25) is 0 Å². The van der Waals surface area contributed by atoms with E-state index >= 15 is 0 Å². The molecule has 1 N–H and O–H groups in total. The van der Waals surface area contributed by atoms with Gasteiger partial charge in [-0.05, 0) is 30.9 Å². The molecule has 17 heavy (non-hydrogen) atoms. The summed E-state index contributed by atoms with van der Waals surface area (Å²) in [6.07, 6.45) is 3.02. The fourth-order valence-corrected chi connectivity index (χ4v) is 3.22. The first-order valence-corrected chi connectivity index (χ1v) is 6.62. The zero-order chi connectivity index (χ0) is 11.8. The summed E-state index contributed by atoms with van der Waals surface area (Å²) in [5.74, 6) is -0.880. The van der Waals surface area contributed by atoms with Gasteiger partial charge in [0.25, 0.3) is 0 Å². The number of ether oxygens (including phenoxy) is 1. The number of aromatic carboxylic acids is 1. The number of fused-ring (bicyclic) bond motifs is 1. The van der Waals surface area contributed by atoms with Crippen LogP contribution < -0.4 is 0 Å². The number of carboxylic acids is 1. The van der Waals surface area contributed by atoms with Gasteiger partial charge in [0.15, 0.2) is 0 Å². The SMILES string of the molecule is O=C(O)c1cc2c(nc1SC1COC1)CCC2. The highest BCUT2D eigenvalue weighted by Crippen LogP contribution is 2.32. The van der Waals surface area contributed by atoms with Crippen molar-refractivity contribution < 1.29 is 14.6 Å². The highest BCUT2D eigenvalue weighted by atomic mass is 32.2. The van der Waals surface area contributed by atoms with Gasteiger partial charge in [0.05, 0.1) is 24.0 Å². The largest absolute Gasteiger partial charge is 0.478 e. The Bertz CT molecular complexity index is 471. The first-order chi connectivity index (χ1) is 8.24. The summed E-state index contributed by atoms with van der Waals surface area (Å²) in [5, 5.41) is 10.2. The van der Waals surface area contributed by atoms with Crippen molar-refractivity contribution in [3.05, 3.63) is 22.9 Å². The van der Waals surface area contributed by atoms with Crippen molar-refractivity contribution in [3.8, 4) is 0 Å². The highest BCUT2D eigenvalue weighted by Gasteiger charge is 2.25. The topological polar surface area (TPSA) is 59.4 Å². The van der Waals surface area contributed by atoms with Crippen LogP contribution in [0, 0.1) is 0 Å². The summed E-state index contributed by atoms with van der Waals surface area (Å²) >= 11 is 1.53. The molecule has 0 unspecified atom stereocenters. The van der Waals surface area contributed by atoms with E-state index in [0.717, 1.165) is 30.5 Å². The molecule has 1 aromatic rings. The molecule has 0 atom stereocenters. The number of hydrogen-bond donors (Lipinski definition) is 1. The van der Waals surface area contributed by atoms with Crippen LogP contribution in [-0.2, 0) is 17.6 Å². The summed E-state index contributed by atoms with van der Waals surface area (Å²) in [6.45, 7) is 1.39. The molecule has 1 aliphatic carbocycles. The Labute approximate surface area is 103 Å². The van der Waals surface area contributed by atoms with Crippen LogP contribution in [0.3, 0.4) is 0 Å². The van der Waals surface area contributed by atoms with Crippen LogP contribution >= 0.6 is 11.8 Å². The Morgan fingerprint density at radius 1 is 1.47 bits per heavy atom. The maximum Gasteiger partial charge on any atom is 0.338 e. The molecule has 4 nitrogen and oxygen atoms in total. The van der Waals surface area contributed by atoms with Crippen LogP contribution in [-0.4, -0.2) is 34.5 Å². The molecule has 0 spiro atoms. The molecule has 0 aromatic carbocycles. The Morgan fingerprint density at radius 2 is 2.29 bits per heavy atom. The number of rotatable bonds is 3. The lowest BCUT2D eigenvalue weighted by molar-refractivity contribution is 0.0454. The van der Waals surface area contributed by atoms with Crippen molar-refractivity contribution in [3.63, 3.8) is 0 Å². The molecule has 2 heterocycles. The molecular formula is C12H13NO3S. The standard InChI is InChI=1S/C12H13NO3S/c14-12(15)9-4-7-2-1-3-10(7)13-11(9)17-8-5-16-6-8/h4,8H,1-3,5-6H2,(H,14,15). The maximum atomic E-state index is 11.2. The number of aryl methyl sites for hydroxylation is 2. The van der Waals surface area contributed by atoms with Gasteiger partial charge in [-0.2, -0.15) is 0 Å². The van der Waals surface area contributed by atoms with Crippen molar-refractivity contribution in [1.29, 1.82) is 0 Å². The van der Waals surface area contributed by atoms with Crippen molar-refractivity contribution >= 4 is 17.7 Å². The van der Waals surface area contributed by atoms with Crippen LogP contribution in [0.1, 0.15) is 28.0 Å². The molecule has 0 amide bonds. The lowest BCUT2D eigenvalue weighted by Crippen LogP contribution is -2.30. The van der Waals surface area contributed by atoms with E-state index in [1.165, 1.54) is 11.8 Å². The fourth-order valence-electron chi connectivity index (χ4n) is 2.14. The van der Waals surface area contributed by atoms with Crippen LogP contribution in [0.2, 0.25) is 0 Å². The smallest absolute Gasteiger partial charge is 0.338 e. The van der Waals surface area contributed by atoms with Crippen LogP contribution in [0.25, 0.3) is 0 Å². The van der Waals surface area contributed by atoms with Gasteiger partial charge >= 0.3 is 5.97 Å². The average molecular weight is 251 g/mol. The number of carbonyl (C=O) groups is 1. The predicted molar refractivity (Wildman–Crippen MR) is 63.7 cm³/mol. The molecule has 1 fully saturated rings. The lowest BCUT2D eigenvalue weighted by Gasteiger charge is -2.25. The number of aromatic nitrogens is 1. The van der Waals surface area contributed by atoms with Crippen molar-refractivity contribution in [1.82, 2.24) is 4.98 Å². The van der Waals surface area contributed by atoms with Gasteiger partial charge < -0.3 is 9.84 Å². The second-order valence-corrected chi connectivity index (χ2v) is 5.67. The molecule has 3 rings (SSSR count). The van der Waals surface area contributed by atoms with Gasteiger partial charge in [-0.1, -0.05) is 11.8 Å². The summed E-state index contributed by atoms with van der Waals surface area (Å²) in [4.78, 5) is 15.7. The number of carboxylic acid groups (broad SMARTS) is 1. The molecule has 0 radical (unpaired) electrons. The monoisotopic (exact) mass is 251 g/mol. The van der Waals surface area contributed by atoms with Crippen LogP contribution in [0.5, 0.6) is 0 Å². The molecule has 2 aliphatic rings. The normalized spacial score (nSPS) is 18.8. The highest BCUT2D eigenvalue weighted by molar-refractivity contribution is 8.00. The fraction of sp³-hybridized carbons (Fsp3) is 0.500. The van der Waals surface area contributed by atoms with Gasteiger partial charge in [0.1, 0.15) is 5.03 Å². The number of pyridine rings is 1. The number of nitrogens with zero attached hydrogens (tertiary/aromatic N) is 1. The zero-order valence-electron chi connectivity index (χ0n) is 9.31. The van der Waals surface area contributed by atoms with Gasteiger partial charge in [0, 0.05) is 5.69 Å². The van der Waals surface area contributed by atoms with E-state index in [1.807, 2.05) is 0 Å². The summed E-state index contributed by atoms with van der Waals surface area (Å²) in [6, 6.07) is 1.81. The van der Waals surface area contributed by atoms with Crippen molar-refractivity contribution in [2.24, 2.45) is 0 Å². The maximum absolute atomic E-state index is 11.2. The lowest BCUT2D eigenvalue weighted by atomic mass is 10.1. The number of hydrogen-bond acceptors (Lipinski definition) is 4. The first-order valence-electron chi connectivity index (χ1n) is 5.74. The van der Waals surface area contributed by atoms with E-state index in [1.54, 1.807) is 6.07 Å². The molecule has 1 saturated heterocycles. The van der Waals surface area contributed by atoms with Crippen LogP contribution in [0.4, 0.5) is 0 Å². The van der Waals surface area contributed by atoms with E-state index in [4.69, 9.17) is 4.74 Å². The van der Waals surface area contributed by atoms with E-state index < -0.39 is 5.97 Å². The molecule has 0 saturated carbocycles. The Morgan fingerprint density at radius 3 is 2.94 bits per heavy atom. The first kappa shape index (κ1) is 11.0. The van der Waals surface area contributed by atoms with Gasteiger partial charge in [-0.3, -0.25) is 0 Å². The Kier molecular flexibility index (Phi) is 2.80. The summed E-state index contributed by atoms with van der Waals surface area (Å²) in [5.41, 5.74) is 2.54. The Hall–Kier alpha value is -1.07. The molecule has 0 bridgehead atoms. The zero-order valence-corrected chi connectivity index (χ0v) is 10.1. The van der Waals surface area contributed by atoms with E-state index in [2.05, 4.69) is 4.98 Å². The van der Waals surface area contributed by atoms with E-state index in [-0.39, 0.29) is 0 Å². The molecule has 1 aromatic heterocycles. The second kappa shape index (κ2) is 4.31. The second-order valence-electron chi connectivity index (χ2n) is 4.38. The molecule has 5 heteroatoms. The van der Waals surface area contributed by atoms with E-state index in [0.29, 0.717) is 29.1 Å². The van der Waals surface area contributed by atoms with Crippen molar-refractivity contribution in [2.45, 2.75) is 29.5 Å². The minimum absolute atomic E-state index is 0.350. The summed E-state index contributed by atoms with van der Waals surface area (Å²) < 4.78 is 5.10. The third-order valence-electron chi connectivity index (χ3n) is 3.13. The third kappa shape index (κ3) is 2.05. The molecule has 1 aliphatic heterocycles. The van der Waals surface area contributed by atoms with Gasteiger partial charge in [-0.25, -0.2) is 9.78 Å². The van der Waals surface area contributed by atoms with Crippen molar-refractivity contribution in [2.75, 3.05) is 13.2 Å². The molecule has 90 valence electrons. The molecular weight excluding hydrogens is 238 g/mol. The minimum Gasteiger partial charge on any atom is -0.478 e. The predicted octanol–water partition coefficient (Wildman–Crippen LogP) is 1.76. The summed E-state index contributed by atoms with van der Waals surface area (Å²) in [7, 11) is 0. The third-order valence-corrected chi connectivity index (χ3v) is 4.27.